The van der Waals surface area contributed by atoms with Crippen LogP contribution in [0.4, 0.5) is 0 Å². The molecule has 0 radical (unpaired) electrons. The van der Waals surface area contributed by atoms with E-state index in [0.717, 1.165) is 4.57 Å². The van der Waals surface area contributed by atoms with Gasteiger partial charge in [-0.25, -0.2) is 14.4 Å². The van der Waals surface area contributed by atoms with Crippen molar-refractivity contribution in [1.82, 2.24) is 14.6 Å². The van der Waals surface area contributed by atoms with Crippen LogP contribution in [0, 0.1) is 5.92 Å². The molecule has 0 saturated carbocycles. The van der Waals surface area contributed by atoms with E-state index < -0.39 is 48.3 Å². The number of carbonyl (C=O) groups is 1. The molecule has 1 aromatic heterocycles. The molecule has 0 amide bonds. The van der Waals surface area contributed by atoms with Crippen molar-refractivity contribution in [1.29, 1.82) is 0 Å². The number of nitrogens with zero attached hydrogens (tertiary/aromatic N) is 1. The van der Waals surface area contributed by atoms with Crippen molar-refractivity contribution >= 4 is 25.3 Å². The fourth-order valence-electron chi connectivity index (χ4n) is 3.22. The van der Waals surface area contributed by atoms with Crippen molar-refractivity contribution in [3.05, 3.63) is 33.1 Å². The number of rotatable bonds is 6. The van der Waals surface area contributed by atoms with Gasteiger partial charge in [-0.2, -0.15) is 0 Å². The normalized spacial score (nSPS) is 34.5. The number of fused-ring (bicyclic) bond motifs is 1. The predicted octanol–water partition coefficient (Wildman–Crippen LogP) is 1.13. The second-order valence-electron chi connectivity index (χ2n) is 7.83. The largest absolute Gasteiger partial charge is 0.464 e. The second kappa shape index (κ2) is 8.57. The van der Waals surface area contributed by atoms with Gasteiger partial charge in [0.2, 0.25) is 0 Å². The zero-order valence-corrected chi connectivity index (χ0v) is 18.6. The van der Waals surface area contributed by atoms with Gasteiger partial charge in [0.05, 0.1) is 12.5 Å². The van der Waals surface area contributed by atoms with E-state index in [-0.39, 0.29) is 25.1 Å². The first-order valence-electron chi connectivity index (χ1n) is 9.46. The fraction of sp³-hybridized carbons (Fsp3) is 0.706. The number of ether oxygens (including phenoxy) is 2. The Morgan fingerprint density at radius 1 is 1.47 bits per heavy atom. The van der Waals surface area contributed by atoms with E-state index in [4.69, 9.17) is 30.1 Å². The van der Waals surface area contributed by atoms with Crippen LogP contribution in [-0.2, 0) is 27.9 Å². The van der Waals surface area contributed by atoms with Gasteiger partial charge in [0.15, 0.2) is 6.23 Å². The molecule has 3 heterocycles. The SMILES string of the molecule is CC(C)C(=O)OC[C@@H](C)N[P@]1(=O)OC[C@H]2O[C@@H](n3ccc(=O)[nH]c3=O)[C@](C)(Cl)[C@@H]2O1. The van der Waals surface area contributed by atoms with E-state index in [1.807, 2.05) is 0 Å². The Balaban J connectivity index is 1.71. The molecule has 2 N–H and O–H groups in total. The predicted molar refractivity (Wildman–Crippen MR) is 106 cm³/mol. The van der Waals surface area contributed by atoms with Crippen LogP contribution in [0.15, 0.2) is 21.9 Å². The fourth-order valence-corrected chi connectivity index (χ4v) is 5.43. The zero-order chi connectivity index (χ0) is 22.3. The van der Waals surface area contributed by atoms with E-state index in [0.29, 0.717) is 0 Å². The molecule has 0 spiro atoms. The third kappa shape index (κ3) is 4.71. The number of nitrogens with one attached hydrogen (secondary N) is 2. The van der Waals surface area contributed by atoms with Gasteiger partial charge >= 0.3 is 19.4 Å². The average Bonchev–Trinajstić information content (AvgIpc) is 2.89. The first-order chi connectivity index (χ1) is 13.9. The summed E-state index contributed by atoms with van der Waals surface area (Å²) < 4.78 is 36.3. The molecule has 0 aromatic carbocycles. The number of carbonyl (C=O) groups excluding carboxylic acids is 1. The highest BCUT2D eigenvalue weighted by molar-refractivity contribution is 7.51. The maximum atomic E-state index is 13.1. The number of hydrogen-bond donors (Lipinski definition) is 2. The summed E-state index contributed by atoms with van der Waals surface area (Å²) in [6.45, 7) is 6.56. The minimum atomic E-state index is -3.79. The lowest BCUT2D eigenvalue weighted by Gasteiger charge is -2.36. The third-order valence-electron chi connectivity index (χ3n) is 4.77. The molecule has 1 aromatic rings. The first-order valence-corrected chi connectivity index (χ1v) is 11.4. The molecule has 0 bridgehead atoms. The lowest BCUT2D eigenvalue weighted by Crippen LogP contribution is -2.47. The molecule has 0 unspecified atom stereocenters. The number of esters is 1. The summed E-state index contributed by atoms with van der Waals surface area (Å²) in [6, 6.07) is 0.653. The van der Waals surface area contributed by atoms with Crippen molar-refractivity contribution < 1.29 is 27.9 Å². The average molecular weight is 466 g/mol. The van der Waals surface area contributed by atoms with Gasteiger partial charge < -0.3 is 9.47 Å². The van der Waals surface area contributed by atoms with Gasteiger partial charge in [0, 0.05) is 18.3 Å². The Kier molecular flexibility index (Phi) is 6.62. The van der Waals surface area contributed by atoms with E-state index in [9.17, 15) is 18.9 Å². The van der Waals surface area contributed by atoms with Gasteiger partial charge in [-0.1, -0.05) is 13.8 Å². The molecule has 6 atom stereocenters. The van der Waals surface area contributed by atoms with Gasteiger partial charge in [0.1, 0.15) is 23.7 Å². The van der Waals surface area contributed by atoms with Crippen molar-refractivity contribution in [2.45, 2.75) is 57.0 Å². The molecule has 3 rings (SSSR count). The highest BCUT2D eigenvalue weighted by atomic mass is 35.5. The number of halogens is 1. The molecule has 13 heteroatoms. The minimum Gasteiger partial charge on any atom is -0.464 e. The van der Waals surface area contributed by atoms with Crippen LogP contribution in [0.5, 0.6) is 0 Å². The van der Waals surface area contributed by atoms with Crippen LogP contribution < -0.4 is 16.3 Å². The van der Waals surface area contributed by atoms with Crippen LogP contribution in [-0.4, -0.2) is 51.9 Å². The standard InChI is InChI=1S/C17H25ClN3O8P/c1-9(2)14(23)26-7-10(3)20-30(25)27-8-11-13(29-30)17(4,18)15(28-11)21-6-5-12(22)19-16(21)24/h5-6,9-11,13,15H,7-8H2,1-4H3,(H,20,25)(H,19,22,24)/t10-,11-,13-,15-,17-,30+/m1/s1. The molecular weight excluding hydrogens is 441 g/mol. The molecule has 0 aliphatic carbocycles. The minimum absolute atomic E-state index is 0.0220. The van der Waals surface area contributed by atoms with E-state index in [1.54, 1.807) is 27.7 Å². The van der Waals surface area contributed by atoms with E-state index in [2.05, 4.69) is 10.1 Å². The smallest absolute Gasteiger partial charge is 0.406 e. The summed E-state index contributed by atoms with van der Waals surface area (Å²) in [5, 5.41) is 2.72. The number of hydrogen-bond acceptors (Lipinski definition) is 8. The topological polar surface area (TPSA) is 138 Å². The molecular formula is C17H25ClN3O8P. The quantitative estimate of drug-likeness (QED) is 0.359. The summed E-state index contributed by atoms with van der Waals surface area (Å²) in [7, 11) is -3.79. The summed E-state index contributed by atoms with van der Waals surface area (Å²) in [4.78, 5) is 35.9. The van der Waals surface area contributed by atoms with Gasteiger partial charge in [-0.3, -0.25) is 28.2 Å². The molecule has 11 nitrogen and oxygen atoms in total. The first kappa shape index (κ1) is 23.2. The van der Waals surface area contributed by atoms with Crippen molar-refractivity contribution in [2.24, 2.45) is 5.92 Å². The highest BCUT2D eigenvalue weighted by Crippen LogP contribution is 2.57. The number of aromatic amines is 1. The Labute approximate surface area is 177 Å². The Bertz CT molecular complexity index is 961. The summed E-state index contributed by atoms with van der Waals surface area (Å²) in [5.41, 5.74) is -1.25. The lowest BCUT2D eigenvalue weighted by molar-refractivity contribution is -0.147. The molecule has 2 fully saturated rings. The van der Waals surface area contributed by atoms with Gasteiger partial charge in [-0.05, 0) is 13.8 Å². The van der Waals surface area contributed by atoms with E-state index in [1.165, 1.54) is 12.3 Å². The monoisotopic (exact) mass is 465 g/mol. The number of alkyl halides is 1. The van der Waals surface area contributed by atoms with Crippen molar-refractivity contribution in [3.63, 3.8) is 0 Å². The van der Waals surface area contributed by atoms with E-state index >= 15 is 0 Å². The molecule has 2 saturated heterocycles. The highest BCUT2D eigenvalue weighted by Gasteiger charge is 2.59. The second-order valence-corrected chi connectivity index (χ2v) is 10.4. The zero-order valence-electron chi connectivity index (χ0n) is 17.0. The van der Waals surface area contributed by atoms with Crippen molar-refractivity contribution in [3.8, 4) is 0 Å². The molecule has 2 aliphatic rings. The van der Waals surface area contributed by atoms with Crippen LogP contribution in [0.25, 0.3) is 0 Å². The Hall–Kier alpha value is -1.49. The van der Waals surface area contributed by atoms with Gasteiger partial charge in [0.25, 0.3) is 5.56 Å². The van der Waals surface area contributed by atoms with Gasteiger partial charge in [-0.15, -0.1) is 11.6 Å². The van der Waals surface area contributed by atoms with Crippen LogP contribution >= 0.6 is 19.3 Å². The third-order valence-corrected chi connectivity index (χ3v) is 6.92. The molecule has 2 aliphatic heterocycles. The summed E-state index contributed by atoms with van der Waals surface area (Å²) in [5.74, 6) is -0.656. The van der Waals surface area contributed by atoms with Crippen LogP contribution in [0.3, 0.4) is 0 Å². The maximum Gasteiger partial charge on any atom is 0.406 e. The Morgan fingerprint density at radius 3 is 2.80 bits per heavy atom. The summed E-state index contributed by atoms with van der Waals surface area (Å²) >= 11 is 6.68. The molecule has 168 valence electrons. The number of H-pyrrole nitrogens is 1. The van der Waals surface area contributed by atoms with Crippen LogP contribution in [0.2, 0.25) is 0 Å². The molecule has 30 heavy (non-hydrogen) atoms. The van der Waals surface area contributed by atoms with Crippen molar-refractivity contribution in [2.75, 3.05) is 13.2 Å². The maximum absolute atomic E-state index is 13.1. The Morgan fingerprint density at radius 2 is 2.17 bits per heavy atom. The number of aromatic nitrogens is 2. The summed E-state index contributed by atoms with van der Waals surface area (Å²) in [6.07, 6.45) is -1.28. The lowest BCUT2D eigenvalue weighted by atomic mass is 10.0. The van der Waals surface area contributed by atoms with Crippen LogP contribution in [0.1, 0.15) is 33.9 Å².